The summed E-state index contributed by atoms with van der Waals surface area (Å²) in [6.45, 7) is -0.244. The molecule has 0 amide bonds. The zero-order valence-corrected chi connectivity index (χ0v) is 11.2. The third kappa shape index (κ3) is 3.29. The Morgan fingerprint density at radius 1 is 1.42 bits per heavy atom. The second-order valence-corrected chi connectivity index (χ2v) is 5.84. The normalized spacial score (nSPS) is 11.7. The van der Waals surface area contributed by atoms with Gasteiger partial charge < -0.3 is 5.11 Å². The van der Waals surface area contributed by atoms with Crippen molar-refractivity contribution < 1.29 is 13.5 Å². The monoisotopic (exact) mass is 302 g/mol. The lowest BCUT2D eigenvalue weighted by molar-refractivity contribution is 0.282. The molecule has 102 valence electrons. The van der Waals surface area contributed by atoms with Gasteiger partial charge in [-0.1, -0.05) is 17.7 Å². The Labute approximate surface area is 114 Å². The molecule has 0 atom stereocenters. The number of nitrogens with one attached hydrogen (secondary N) is 2. The molecule has 0 aliphatic rings. The molecule has 2 aromatic rings. The van der Waals surface area contributed by atoms with Crippen LogP contribution < -0.4 is 4.72 Å². The predicted octanol–water partition coefficient (Wildman–Crippen LogP) is 0.429. The van der Waals surface area contributed by atoms with Gasteiger partial charge in [-0.05, 0) is 17.7 Å². The number of aliphatic hydroxyl groups is 1. The molecule has 0 saturated carbocycles. The van der Waals surface area contributed by atoms with Crippen LogP contribution in [0, 0.1) is 0 Å². The molecule has 7 nitrogen and oxygen atoms in total. The maximum atomic E-state index is 12.0. The lowest BCUT2D eigenvalue weighted by Gasteiger charge is -2.07. The fourth-order valence-corrected chi connectivity index (χ4v) is 2.70. The molecular formula is C10H11ClN4O3S. The van der Waals surface area contributed by atoms with Gasteiger partial charge in [0.15, 0.2) is 0 Å². The van der Waals surface area contributed by atoms with Crippen molar-refractivity contribution >= 4 is 21.6 Å². The Morgan fingerprint density at radius 3 is 2.79 bits per heavy atom. The summed E-state index contributed by atoms with van der Waals surface area (Å²) < 4.78 is 26.3. The number of halogens is 1. The molecular weight excluding hydrogens is 292 g/mol. The zero-order chi connectivity index (χ0) is 13.9. The molecule has 2 rings (SSSR count). The van der Waals surface area contributed by atoms with E-state index >= 15 is 0 Å². The van der Waals surface area contributed by atoms with E-state index in [4.69, 9.17) is 16.7 Å². The van der Waals surface area contributed by atoms with E-state index in [9.17, 15) is 8.42 Å². The number of aromatic nitrogens is 3. The van der Waals surface area contributed by atoms with Gasteiger partial charge in [-0.3, -0.25) is 5.10 Å². The molecule has 9 heteroatoms. The van der Waals surface area contributed by atoms with Crippen molar-refractivity contribution in [1.29, 1.82) is 0 Å². The summed E-state index contributed by atoms with van der Waals surface area (Å²) in [5.41, 5.74) is 0.468. The van der Waals surface area contributed by atoms with Crippen molar-refractivity contribution in [1.82, 2.24) is 19.9 Å². The summed E-state index contributed by atoms with van der Waals surface area (Å²) in [5, 5.41) is 15.3. The van der Waals surface area contributed by atoms with Crippen LogP contribution in [-0.4, -0.2) is 28.7 Å². The number of aliphatic hydroxyl groups excluding tert-OH is 1. The quantitative estimate of drug-likeness (QED) is 0.742. The molecule has 0 aliphatic carbocycles. The molecule has 1 heterocycles. The minimum atomic E-state index is -3.69. The van der Waals surface area contributed by atoms with Gasteiger partial charge in [0.1, 0.15) is 12.2 Å². The highest BCUT2D eigenvalue weighted by Crippen LogP contribution is 2.20. The Bertz CT molecular complexity index is 657. The van der Waals surface area contributed by atoms with Gasteiger partial charge in [0.25, 0.3) is 0 Å². The van der Waals surface area contributed by atoms with Gasteiger partial charge in [-0.2, -0.15) is 5.10 Å². The van der Waals surface area contributed by atoms with E-state index in [0.717, 1.165) is 0 Å². The van der Waals surface area contributed by atoms with Gasteiger partial charge in [0, 0.05) is 5.02 Å². The second kappa shape index (κ2) is 5.66. The largest absolute Gasteiger partial charge is 0.392 e. The molecule has 19 heavy (non-hydrogen) atoms. The van der Waals surface area contributed by atoms with Crippen molar-refractivity contribution in [3.05, 3.63) is 40.9 Å². The van der Waals surface area contributed by atoms with Crippen molar-refractivity contribution in [2.45, 2.75) is 18.0 Å². The fourth-order valence-electron chi connectivity index (χ4n) is 1.39. The standard InChI is InChI=1S/C10H11ClN4O3S/c11-9-3-8(2-1-7(9)5-16)19(17,18)14-4-10-12-6-13-15-10/h1-3,6,14,16H,4-5H2,(H,12,13,15). The van der Waals surface area contributed by atoms with E-state index in [2.05, 4.69) is 19.9 Å². The van der Waals surface area contributed by atoms with Crippen LogP contribution in [0.15, 0.2) is 29.4 Å². The smallest absolute Gasteiger partial charge is 0.241 e. The first-order valence-corrected chi connectivity index (χ1v) is 7.12. The summed E-state index contributed by atoms with van der Waals surface area (Å²) in [5.74, 6) is 0.404. The SMILES string of the molecule is O=S(=O)(NCc1ncn[nH]1)c1ccc(CO)c(Cl)c1. The molecule has 0 unspecified atom stereocenters. The van der Waals surface area contributed by atoms with Gasteiger partial charge in [-0.15, -0.1) is 0 Å². The van der Waals surface area contributed by atoms with Crippen LogP contribution >= 0.6 is 11.6 Å². The minimum Gasteiger partial charge on any atom is -0.392 e. The van der Waals surface area contributed by atoms with Crippen LogP contribution in [0.3, 0.4) is 0 Å². The Kier molecular flexibility index (Phi) is 4.15. The lowest BCUT2D eigenvalue weighted by Crippen LogP contribution is -2.23. The fraction of sp³-hybridized carbons (Fsp3) is 0.200. The number of hydrogen-bond donors (Lipinski definition) is 3. The molecule has 0 spiro atoms. The first-order chi connectivity index (χ1) is 9.03. The van der Waals surface area contributed by atoms with Crippen molar-refractivity contribution in [2.75, 3.05) is 0 Å². The summed E-state index contributed by atoms with van der Waals surface area (Å²) in [4.78, 5) is 3.83. The number of aromatic amines is 1. The van der Waals surface area contributed by atoms with Gasteiger partial charge in [-0.25, -0.2) is 18.1 Å². The summed E-state index contributed by atoms with van der Waals surface area (Å²) in [7, 11) is -3.69. The summed E-state index contributed by atoms with van der Waals surface area (Å²) in [6.07, 6.45) is 1.29. The van der Waals surface area contributed by atoms with Crippen LogP contribution in [0.1, 0.15) is 11.4 Å². The average molecular weight is 303 g/mol. The number of hydrogen-bond acceptors (Lipinski definition) is 5. The highest BCUT2D eigenvalue weighted by atomic mass is 35.5. The second-order valence-electron chi connectivity index (χ2n) is 3.67. The number of sulfonamides is 1. The maximum absolute atomic E-state index is 12.0. The Morgan fingerprint density at radius 2 is 2.21 bits per heavy atom. The number of nitrogens with zero attached hydrogens (tertiary/aromatic N) is 2. The molecule has 1 aromatic carbocycles. The molecule has 0 aliphatic heterocycles. The third-order valence-corrected chi connectivity index (χ3v) is 4.15. The summed E-state index contributed by atoms with van der Waals surface area (Å²) in [6, 6.07) is 4.13. The molecule has 0 radical (unpaired) electrons. The zero-order valence-electron chi connectivity index (χ0n) is 9.67. The van der Waals surface area contributed by atoms with E-state index in [1.807, 2.05) is 0 Å². The lowest BCUT2D eigenvalue weighted by atomic mass is 10.2. The summed E-state index contributed by atoms with van der Waals surface area (Å²) >= 11 is 5.85. The Balaban J connectivity index is 2.17. The van der Waals surface area contributed by atoms with Crippen molar-refractivity contribution in [3.8, 4) is 0 Å². The van der Waals surface area contributed by atoms with Crippen LogP contribution in [0.5, 0.6) is 0 Å². The molecule has 0 bridgehead atoms. The minimum absolute atomic E-state index is 0.00169. The Hall–Kier alpha value is -1.48. The third-order valence-electron chi connectivity index (χ3n) is 2.40. The van der Waals surface area contributed by atoms with Gasteiger partial charge >= 0.3 is 0 Å². The predicted molar refractivity (Wildman–Crippen MR) is 67.8 cm³/mol. The van der Waals surface area contributed by atoms with E-state index < -0.39 is 10.0 Å². The van der Waals surface area contributed by atoms with Crippen LogP contribution in [0.25, 0.3) is 0 Å². The van der Waals surface area contributed by atoms with E-state index in [1.165, 1.54) is 24.5 Å². The van der Waals surface area contributed by atoms with E-state index in [0.29, 0.717) is 11.4 Å². The van der Waals surface area contributed by atoms with Crippen LogP contribution in [-0.2, 0) is 23.2 Å². The molecule has 0 fully saturated rings. The number of benzene rings is 1. The van der Waals surface area contributed by atoms with E-state index in [1.54, 1.807) is 0 Å². The topological polar surface area (TPSA) is 108 Å². The maximum Gasteiger partial charge on any atom is 0.241 e. The number of rotatable bonds is 5. The van der Waals surface area contributed by atoms with Crippen molar-refractivity contribution in [2.24, 2.45) is 0 Å². The first kappa shape index (κ1) is 13.9. The van der Waals surface area contributed by atoms with E-state index in [-0.39, 0.29) is 23.1 Å². The molecule has 3 N–H and O–H groups in total. The first-order valence-electron chi connectivity index (χ1n) is 5.26. The van der Waals surface area contributed by atoms with Gasteiger partial charge in [0.05, 0.1) is 18.0 Å². The highest BCUT2D eigenvalue weighted by molar-refractivity contribution is 7.89. The number of H-pyrrole nitrogens is 1. The molecule has 0 saturated heterocycles. The van der Waals surface area contributed by atoms with Crippen LogP contribution in [0.4, 0.5) is 0 Å². The van der Waals surface area contributed by atoms with Crippen LogP contribution in [0.2, 0.25) is 5.02 Å². The van der Waals surface area contributed by atoms with Crippen molar-refractivity contribution in [3.63, 3.8) is 0 Å². The highest BCUT2D eigenvalue weighted by Gasteiger charge is 2.15. The molecule has 1 aromatic heterocycles. The van der Waals surface area contributed by atoms with Gasteiger partial charge in [0.2, 0.25) is 10.0 Å². The average Bonchev–Trinajstić information content (AvgIpc) is 2.89.